The van der Waals surface area contributed by atoms with Crippen molar-refractivity contribution in [1.29, 1.82) is 0 Å². The SMILES string of the molecule is CCC(C)CC(C)NCc1ccc2c(c1)OCO2. The summed E-state index contributed by atoms with van der Waals surface area (Å²) < 4.78 is 10.7. The number of hydrogen-bond acceptors (Lipinski definition) is 3. The van der Waals surface area contributed by atoms with E-state index in [2.05, 4.69) is 38.2 Å². The van der Waals surface area contributed by atoms with E-state index in [9.17, 15) is 0 Å². The number of fused-ring (bicyclic) bond motifs is 1. The Kier molecular flexibility index (Phi) is 4.48. The van der Waals surface area contributed by atoms with Gasteiger partial charge in [0.15, 0.2) is 11.5 Å². The lowest BCUT2D eigenvalue weighted by Crippen LogP contribution is -2.27. The van der Waals surface area contributed by atoms with Crippen molar-refractivity contribution in [3.63, 3.8) is 0 Å². The van der Waals surface area contributed by atoms with E-state index in [1.165, 1.54) is 18.4 Å². The van der Waals surface area contributed by atoms with Crippen molar-refractivity contribution in [2.75, 3.05) is 6.79 Å². The summed E-state index contributed by atoms with van der Waals surface area (Å²) in [5.74, 6) is 2.50. The molecular weight excluding hydrogens is 226 g/mol. The molecule has 18 heavy (non-hydrogen) atoms. The molecule has 0 spiro atoms. The Labute approximate surface area is 109 Å². The molecule has 0 fully saturated rings. The van der Waals surface area contributed by atoms with Crippen LogP contribution in [0.3, 0.4) is 0 Å². The standard InChI is InChI=1S/C15H23NO2/c1-4-11(2)7-12(3)16-9-13-5-6-14-15(8-13)18-10-17-14/h5-6,8,11-12,16H,4,7,9-10H2,1-3H3. The molecule has 0 amide bonds. The van der Waals surface area contributed by atoms with Crippen LogP contribution in [0, 0.1) is 5.92 Å². The first-order chi connectivity index (χ1) is 8.69. The average molecular weight is 249 g/mol. The van der Waals surface area contributed by atoms with Crippen molar-refractivity contribution in [1.82, 2.24) is 5.32 Å². The van der Waals surface area contributed by atoms with Crippen molar-refractivity contribution >= 4 is 0 Å². The zero-order chi connectivity index (χ0) is 13.0. The Morgan fingerprint density at radius 2 is 2.00 bits per heavy atom. The molecule has 1 aliphatic heterocycles. The number of benzene rings is 1. The fourth-order valence-electron chi connectivity index (χ4n) is 2.20. The maximum Gasteiger partial charge on any atom is 0.231 e. The molecule has 1 aliphatic rings. The van der Waals surface area contributed by atoms with Crippen LogP contribution in [0.15, 0.2) is 18.2 Å². The molecular formula is C15H23NO2. The fraction of sp³-hybridized carbons (Fsp3) is 0.600. The van der Waals surface area contributed by atoms with Gasteiger partial charge in [-0.1, -0.05) is 26.3 Å². The van der Waals surface area contributed by atoms with E-state index in [4.69, 9.17) is 9.47 Å². The highest BCUT2D eigenvalue weighted by Crippen LogP contribution is 2.32. The molecule has 0 radical (unpaired) electrons. The van der Waals surface area contributed by atoms with Gasteiger partial charge < -0.3 is 14.8 Å². The lowest BCUT2D eigenvalue weighted by molar-refractivity contribution is 0.174. The lowest BCUT2D eigenvalue weighted by Gasteiger charge is -2.17. The van der Waals surface area contributed by atoms with E-state index >= 15 is 0 Å². The quantitative estimate of drug-likeness (QED) is 0.839. The van der Waals surface area contributed by atoms with E-state index in [1.54, 1.807) is 0 Å². The third kappa shape index (κ3) is 3.39. The average Bonchev–Trinajstić information content (AvgIpc) is 2.83. The Hall–Kier alpha value is -1.22. The normalized spacial score (nSPS) is 16.6. The van der Waals surface area contributed by atoms with E-state index < -0.39 is 0 Å². The molecule has 2 unspecified atom stereocenters. The maximum absolute atomic E-state index is 5.38. The van der Waals surface area contributed by atoms with Gasteiger partial charge >= 0.3 is 0 Å². The summed E-state index contributed by atoms with van der Waals surface area (Å²) in [6, 6.07) is 6.69. The lowest BCUT2D eigenvalue weighted by atomic mass is 10.0. The predicted molar refractivity (Wildman–Crippen MR) is 72.9 cm³/mol. The van der Waals surface area contributed by atoms with Crippen LogP contribution in [-0.4, -0.2) is 12.8 Å². The summed E-state index contributed by atoms with van der Waals surface area (Å²) in [7, 11) is 0. The first kappa shape index (κ1) is 13.2. The van der Waals surface area contributed by atoms with E-state index in [1.807, 2.05) is 6.07 Å². The van der Waals surface area contributed by atoms with Crippen LogP contribution in [0.1, 0.15) is 39.2 Å². The number of rotatable bonds is 6. The summed E-state index contributed by atoms with van der Waals surface area (Å²) in [6.45, 7) is 8.03. The summed E-state index contributed by atoms with van der Waals surface area (Å²) in [5, 5.41) is 3.56. The van der Waals surface area contributed by atoms with Gasteiger partial charge in [0.05, 0.1) is 0 Å². The van der Waals surface area contributed by atoms with Gasteiger partial charge in [0, 0.05) is 12.6 Å². The van der Waals surface area contributed by atoms with Gasteiger partial charge in [0.25, 0.3) is 0 Å². The third-order valence-electron chi connectivity index (χ3n) is 3.54. The van der Waals surface area contributed by atoms with E-state index in [0.29, 0.717) is 12.8 Å². The fourth-order valence-corrected chi connectivity index (χ4v) is 2.20. The topological polar surface area (TPSA) is 30.5 Å². The number of nitrogens with one attached hydrogen (secondary N) is 1. The minimum atomic E-state index is 0.344. The van der Waals surface area contributed by atoms with Gasteiger partial charge in [0.2, 0.25) is 6.79 Å². The Morgan fingerprint density at radius 3 is 2.78 bits per heavy atom. The highest BCUT2D eigenvalue weighted by Gasteiger charge is 2.13. The molecule has 3 heteroatoms. The molecule has 3 nitrogen and oxygen atoms in total. The highest BCUT2D eigenvalue weighted by atomic mass is 16.7. The number of ether oxygens (including phenoxy) is 2. The zero-order valence-corrected chi connectivity index (χ0v) is 11.5. The highest BCUT2D eigenvalue weighted by molar-refractivity contribution is 5.44. The van der Waals surface area contributed by atoms with Gasteiger partial charge in [-0.15, -0.1) is 0 Å². The molecule has 1 aromatic carbocycles. The largest absolute Gasteiger partial charge is 0.454 e. The van der Waals surface area contributed by atoms with Crippen LogP contribution in [0.5, 0.6) is 11.5 Å². The molecule has 1 aromatic rings. The first-order valence-corrected chi connectivity index (χ1v) is 6.81. The third-order valence-corrected chi connectivity index (χ3v) is 3.54. The molecule has 0 saturated heterocycles. The molecule has 0 aliphatic carbocycles. The molecule has 1 N–H and O–H groups in total. The Morgan fingerprint density at radius 1 is 1.22 bits per heavy atom. The second-order valence-electron chi connectivity index (χ2n) is 5.22. The Bertz CT molecular complexity index is 392. The van der Waals surface area contributed by atoms with Crippen LogP contribution >= 0.6 is 0 Å². The second-order valence-corrected chi connectivity index (χ2v) is 5.22. The second kappa shape index (κ2) is 6.10. The van der Waals surface area contributed by atoms with Crippen LogP contribution in [0.4, 0.5) is 0 Å². The van der Waals surface area contributed by atoms with Crippen molar-refractivity contribution in [3.05, 3.63) is 23.8 Å². The van der Waals surface area contributed by atoms with Crippen molar-refractivity contribution in [2.24, 2.45) is 5.92 Å². The Balaban J connectivity index is 1.83. The van der Waals surface area contributed by atoms with Crippen molar-refractivity contribution < 1.29 is 9.47 Å². The first-order valence-electron chi connectivity index (χ1n) is 6.81. The van der Waals surface area contributed by atoms with Crippen LogP contribution in [0.25, 0.3) is 0 Å². The summed E-state index contributed by atoms with van der Waals surface area (Å²) >= 11 is 0. The van der Waals surface area contributed by atoms with Gasteiger partial charge in [-0.25, -0.2) is 0 Å². The van der Waals surface area contributed by atoms with E-state index in [0.717, 1.165) is 24.0 Å². The monoisotopic (exact) mass is 249 g/mol. The van der Waals surface area contributed by atoms with Gasteiger partial charge in [0.1, 0.15) is 0 Å². The smallest absolute Gasteiger partial charge is 0.231 e. The predicted octanol–water partition coefficient (Wildman–Crippen LogP) is 3.33. The summed E-state index contributed by atoms with van der Waals surface area (Å²) in [5.41, 5.74) is 1.25. The minimum absolute atomic E-state index is 0.344. The van der Waals surface area contributed by atoms with Crippen LogP contribution < -0.4 is 14.8 Å². The molecule has 0 aromatic heterocycles. The van der Waals surface area contributed by atoms with Crippen LogP contribution in [-0.2, 0) is 6.54 Å². The van der Waals surface area contributed by atoms with Crippen molar-refractivity contribution in [3.8, 4) is 11.5 Å². The van der Waals surface area contributed by atoms with Crippen LogP contribution in [0.2, 0.25) is 0 Å². The van der Waals surface area contributed by atoms with Crippen molar-refractivity contribution in [2.45, 2.75) is 46.2 Å². The maximum atomic E-state index is 5.38. The molecule has 0 bridgehead atoms. The van der Waals surface area contributed by atoms with Gasteiger partial charge in [-0.3, -0.25) is 0 Å². The molecule has 100 valence electrons. The summed E-state index contributed by atoms with van der Waals surface area (Å²) in [6.07, 6.45) is 2.47. The van der Waals surface area contributed by atoms with E-state index in [-0.39, 0.29) is 0 Å². The molecule has 2 rings (SSSR count). The van der Waals surface area contributed by atoms with Gasteiger partial charge in [-0.2, -0.15) is 0 Å². The number of hydrogen-bond donors (Lipinski definition) is 1. The molecule has 1 heterocycles. The summed E-state index contributed by atoms with van der Waals surface area (Å²) in [4.78, 5) is 0. The molecule has 0 saturated carbocycles. The molecule has 2 atom stereocenters. The minimum Gasteiger partial charge on any atom is -0.454 e. The van der Waals surface area contributed by atoms with Gasteiger partial charge in [-0.05, 0) is 37.0 Å². The zero-order valence-electron chi connectivity index (χ0n) is 11.5.